The van der Waals surface area contributed by atoms with Crippen molar-refractivity contribution in [3.8, 4) is 45.1 Å². The van der Waals surface area contributed by atoms with E-state index in [4.69, 9.17) is 34.6 Å². The fourth-order valence-corrected chi connectivity index (χ4v) is 8.85. The van der Waals surface area contributed by atoms with Crippen LogP contribution in [0.25, 0.3) is 44.5 Å². The minimum atomic E-state index is -0.364. The van der Waals surface area contributed by atoms with Gasteiger partial charge in [0.05, 0.1) is 80.3 Å². The molecule has 3 N–H and O–H groups in total. The van der Waals surface area contributed by atoms with Crippen LogP contribution in [-0.2, 0) is 9.47 Å². The van der Waals surface area contributed by atoms with Crippen molar-refractivity contribution in [1.82, 2.24) is 29.9 Å². The fourth-order valence-electron chi connectivity index (χ4n) is 8.85. The van der Waals surface area contributed by atoms with Crippen LogP contribution in [0.2, 0.25) is 0 Å². The maximum Gasteiger partial charge on any atom is 0.138 e. The molecule has 7 aromatic rings. The average molecular weight is 861 g/mol. The van der Waals surface area contributed by atoms with Crippen molar-refractivity contribution in [3.63, 3.8) is 0 Å². The molecule has 1 aliphatic carbocycles. The number of nitrogens with one attached hydrogen (secondary N) is 1. The van der Waals surface area contributed by atoms with Crippen molar-refractivity contribution in [2.75, 3.05) is 80.6 Å². The number of anilines is 5. The molecular formula is C49H49FN10O4. The zero-order chi connectivity index (χ0) is 43.6. The lowest BCUT2D eigenvalue weighted by molar-refractivity contribution is 0.0219. The van der Waals surface area contributed by atoms with Crippen molar-refractivity contribution >= 4 is 39.6 Å². The molecule has 64 heavy (non-hydrogen) atoms. The molecule has 2 unspecified atom stereocenters. The van der Waals surface area contributed by atoms with Gasteiger partial charge in [-0.1, -0.05) is 6.07 Å². The predicted octanol–water partition coefficient (Wildman–Crippen LogP) is 8.14. The highest BCUT2D eigenvalue weighted by Crippen LogP contribution is 2.46. The molecule has 3 atom stereocenters. The number of pyridine rings is 6. The van der Waals surface area contributed by atoms with E-state index in [2.05, 4.69) is 41.1 Å². The van der Waals surface area contributed by atoms with Gasteiger partial charge in [0, 0.05) is 114 Å². The van der Waals surface area contributed by atoms with Crippen LogP contribution in [0.4, 0.5) is 33.1 Å². The lowest BCUT2D eigenvalue weighted by Crippen LogP contribution is -2.44. The molecule has 15 heteroatoms. The third kappa shape index (κ3) is 8.68. The van der Waals surface area contributed by atoms with Gasteiger partial charge in [-0.3, -0.25) is 15.0 Å². The Morgan fingerprint density at radius 3 is 2.39 bits per heavy atom. The first-order chi connectivity index (χ1) is 31.4. The van der Waals surface area contributed by atoms with Crippen LogP contribution in [0.1, 0.15) is 18.4 Å². The van der Waals surface area contributed by atoms with Crippen LogP contribution in [-0.4, -0.2) is 95.7 Å². The fraction of sp³-hybridized carbons (Fsp3) is 0.306. The van der Waals surface area contributed by atoms with Crippen molar-refractivity contribution in [2.24, 2.45) is 11.8 Å². The minimum Gasteiger partial charge on any atom is -0.495 e. The largest absolute Gasteiger partial charge is 0.495 e. The Morgan fingerprint density at radius 2 is 1.59 bits per heavy atom. The number of nitrogens with two attached hydrogens (primary N) is 1. The molecule has 0 amide bonds. The van der Waals surface area contributed by atoms with E-state index in [-0.39, 0.29) is 11.9 Å². The molecule has 0 spiro atoms. The molecule has 8 heterocycles. The third-order valence-corrected chi connectivity index (χ3v) is 12.4. The summed E-state index contributed by atoms with van der Waals surface area (Å²) < 4.78 is 38.4. The van der Waals surface area contributed by atoms with E-state index in [9.17, 15) is 4.39 Å². The lowest BCUT2D eigenvalue weighted by atomic mass is 10.0. The molecular weight excluding hydrogens is 812 g/mol. The van der Waals surface area contributed by atoms with E-state index < -0.39 is 0 Å². The zero-order valence-corrected chi connectivity index (χ0v) is 35.8. The van der Waals surface area contributed by atoms with Gasteiger partial charge < -0.3 is 39.8 Å². The van der Waals surface area contributed by atoms with Crippen LogP contribution >= 0.6 is 0 Å². The van der Waals surface area contributed by atoms with Gasteiger partial charge in [-0.2, -0.15) is 0 Å². The number of hydrogen-bond donors (Lipinski definition) is 2. The van der Waals surface area contributed by atoms with Crippen LogP contribution in [0.3, 0.4) is 0 Å². The van der Waals surface area contributed by atoms with Gasteiger partial charge in [0.15, 0.2) is 0 Å². The highest BCUT2D eigenvalue weighted by molar-refractivity contribution is 5.99. The molecule has 0 radical (unpaired) electrons. The number of nitrogens with zero attached hydrogens (tertiary/aromatic N) is 8. The summed E-state index contributed by atoms with van der Waals surface area (Å²) in [4.78, 5) is 32.6. The van der Waals surface area contributed by atoms with E-state index in [1.807, 2.05) is 55.7 Å². The molecule has 1 saturated carbocycles. The van der Waals surface area contributed by atoms with Gasteiger partial charge in [-0.25, -0.2) is 19.3 Å². The molecule has 2 aliphatic heterocycles. The molecule has 1 aromatic carbocycles. The summed E-state index contributed by atoms with van der Waals surface area (Å²) in [5.41, 5.74) is 14.9. The molecule has 3 fully saturated rings. The molecule has 14 nitrogen and oxygen atoms in total. The second-order valence-electron chi connectivity index (χ2n) is 16.5. The van der Waals surface area contributed by atoms with Crippen molar-refractivity contribution in [3.05, 3.63) is 115 Å². The number of benzene rings is 1. The number of fused-ring (bicyclic) bond motifs is 1. The van der Waals surface area contributed by atoms with Gasteiger partial charge in [-0.05, 0) is 68.0 Å². The number of methoxy groups -OCH3 is 1. The highest BCUT2D eigenvalue weighted by atomic mass is 19.1. The monoisotopic (exact) mass is 860 g/mol. The van der Waals surface area contributed by atoms with Crippen LogP contribution in [0, 0.1) is 24.6 Å². The average Bonchev–Trinajstić information content (AvgIpc) is 4.12. The SMILES string of the molecule is COc1cncc(-c2cnc(N3CCOC([C@@H]4CC4CCOc4cncc(-c5cnc(N6CCOCC6)cc5N)c4)C3)cc2Nc2c(C)c(-c3ccccn3)nc3cc(F)ccc23)c1. The molecule has 326 valence electrons. The third-order valence-electron chi connectivity index (χ3n) is 12.4. The Labute approximate surface area is 370 Å². The van der Waals surface area contributed by atoms with Gasteiger partial charge >= 0.3 is 0 Å². The number of halogens is 1. The number of rotatable bonds is 13. The van der Waals surface area contributed by atoms with Gasteiger partial charge in [0.25, 0.3) is 0 Å². The number of hydrogen-bond acceptors (Lipinski definition) is 14. The van der Waals surface area contributed by atoms with Crippen LogP contribution < -0.4 is 30.3 Å². The summed E-state index contributed by atoms with van der Waals surface area (Å²) in [7, 11) is 1.62. The molecule has 0 bridgehead atoms. The van der Waals surface area contributed by atoms with Crippen molar-refractivity contribution in [1.29, 1.82) is 0 Å². The zero-order valence-electron chi connectivity index (χ0n) is 35.8. The van der Waals surface area contributed by atoms with Crippen molar-refractivity contribution in [2.45, 2.75) is 25.9 Å². The normalized spacial score (nSPS) is 18.5. The van der Waals surface area contributed by atoms with E-state index in [1.54, 1.807) is 44.2 Å². The summed E-state index contributed by atoms with van der Waals surface area (Å²) in [5.74, 6) is 3.55. The smallest absolute Gasteiger partial charge is 0.138 e. The Hall–Kier alpha value is -6.97. The Morgan fingerprint density at radius 1 is 0.828 bits per heavy atom. The summed E-state index contributed by atoms with van der Waals surface area (Å²) in [6.07, 6.45) is 14.5. The Kier molecular flexibility index (Phi) is 11.6. The minimum absolute atomic E-state index is 0.0577. The standard InChI is InChI=1S/C49H49FN10O4/c1-30-48(37-7-6-34(50)20-43(37)58-49(30)42-5-3-4-9-54-42)57-44-22-47(56-28-40(44)33-17-35(61-2)25-52-24-33)60-12-16-64-45(29-60)38-19-31(38)8-13-63-36-18-32(23-53-26-36)39-27-55-46(21-41(39)51)59-10-14-62-15-11-59/h3-7,9,17-18,20-28,31,38,45H,8,10-16,19,29H2,1-2H3,(H2,51,55)(H,56,57,58)/t31?,38-,45?/m1/s1. The number of aromatic nitrogens is 6. The first-order valence-corrected chi connectivity index (χ1v) is 21.7. The first kappa shape index (κ1) is 41.1. The summed E-state index contributed by atoms with van der Waals surface area (Å²) in [5, 5.41) is 4.54. The van der Waals surface area contributed by atoms with Crippen LogP contribution in [0.15, 0.2) is 104 Å². The Balaban J connectivity index is 0.845. The van der Waals surface area contributed by atoms with Crippen LogP contribution in [0.5, 0.6) is 11.5 Å². The molecule has 3 aliphatic rings. The number of ether oxygens (including phenoxy) is 4. The van der Waals surface area contributed by atoms with E-state index in [0.29, 0.717) is 85.4 Å². The summed E-state index contributed by atoms with van der Waals surface area (Å²) >= 11 is 0. The Bertz CT molecular complexity index is 2790. The second kappa shape index (κ2) is 18.0. The van der Waals surface area contributed by atoms with E-state index in [1.165, 1.54) is 12.1 Å². The molecule has 6 aromatic heterocycles. The molecule has 10 rings (SSSR count). The van der Waals surface area contributed by atoms with Crippen molar-refractivity contribution < 1.29 is 23.3 Å². The van der Waals surface area contributed by atoms with E-state index in [0.717, 1.165) is 82.1 Å². The van der Waals surface area contributed by atoms with Gasteiger partial charge in [0.1, 0.15) is 29.0 Å². The number of nitrogen functional groups attached to an aromatic ring is 1. The van der Waals surface area contributed by atoms with E-state index >= 15 is 0 Å². The molecule has 2 saturated heterocycles. The highest BCUT2D eigenvalue weighted by Gasteiger charge is 2.45. The van der Waals surface area contributed by atoms with Gasteiger partial charge in [-0.15, -0.1) is 0 Å². The predicted molar refractivity (Wildman–Crippen MR) is 246 cm³/mol. The van der Waals surface area contributed by atoms with Gasteiger partial charge in [0.2, 0.25) is 0 Å². The second-order valence-corrected chi connectivity index (χ2v) is 16.5. The quantitative estimate of drug-likeness (QED) is 0.114. The maximum absolute atomic E-state index is 14.7. The summed E-state index contributed by atoms with van der Waals surface area (Å²) in [6.45, 7) is 7.54. The maximum atomic E-state index is 14.7. The lowest BCUT2D eigenvalue weighted by Gasteiger charge is -2.34. The first-order valence-electron chi connectivity index (χ1n) is 21.7. The number of morpholine rings is 2. The summed E-state index contributed by atoms with van der Waals surface area (Å²) in [6, 6.07) is 18.3. The topological polar surface area (TPSA) is 159 Å².